The van der Waals surface area contributed by atoms with Gasteiger partial charge in [0, 0.05) is 13.0 Å². The number of nitrogens with two attached hydrogens (primary N) is 1. The Morgan fingerprint density at radius 1 is 1.25 bits per heavy atom. The van der Waals surface area contributed by atoms with E-state index >= 15 is 0 Å². The molecule has 1 atom stereocenters. The summed E-state index contributed by atoms with van der Waals surface area (Å²) in [4.78, 5) is 14.3. The average Bonchev–Trinajstić information content (AvgIpc) is 3.08. The maximum Gasteiger partial charge on any atom is 0.220 e. The van der Waals surface area contributed by atoms with E-state index < -0.39 is 0 Å². The number of halogens is 2. The highest BCUT2D eigenvalue weighted by atomic mass is 35.5. The molecule has 1 unspecified atom stereocenters. The molecule has 138 valence electrons. The molecule has 1 heterocycles. The van der Waals surface area contributed by atoms with Gasteiger partial charge in [0.25, 0.3) is 0 Å². The predicted octanol–water partition coefficient (Wildman–Crippen LogP) is 2.53. The highest BCUT2D eigenvalue weighted by molar-refractivity contribution is 5.85. The number of rotatable bonds is 8. The normalized spacial score (nSPS) is 15.1. The Morgan fingerprint density at radius 3 is 2.42 bits per heavy atom. The summed E-state index contributed by atoms with van der Waals surface area (Å²) in [6.45, 7) is 3.39. The van der Waals surface area contributed by atoms with Gasteiger partial charge in [-0.3, -0.25) is 9.69 Å². The summed E-state index contributed by atoms with van der Waals surface area (Å²) in [5.41, 5.74) is 6.67. The van der Waals surface area contributed by atoms with E-state index in [4.69, 9.17) is 10.5 Å². The Hall–Kier alpha value is -1.01. The molecule has 24 heavy (non-hydrogen) atoms. The lowest BCUT2D eigenvalue weighted by atomic mass is 10.1. The second kappa shape index (κ2) is 12.4. The maximum absolute atomic E-state index is 11.8. The van der Waals surface area contributed by atoms with E-state index in [1.165, 1.54) is 18.4 Å². The van der Waals surface area contributed by atoms with Crippen molar-refractivity contribution < 1.29 is 9.53 Å². The molecule has 1 aromatic rings. The standard InChI is InChI=1S/C17H27N3O2.2ClH/c1-22-15-8-6-14(7-9-15)16(20-11-2-3-12-20)13-19-17(21)5-4-10-18;;/h6-9,16H,2-5,10-13,18H2,1H3,(H,19,21);2*1H. The molecule has 5 nitrogen and oxygen atoms in total. The van der Waals surface area contributed by atoms with Gasteiger partial charge < -0.3 is 15.8 Å². The largest absolute Gasteiger partial charge is 0.497 e. The molecule has 0 aromatic heterocycles. The van der Waals surface area contributed by atoms with Crippen molar-refractivity contribution in [3.8, 4) is 5.75 Å². The van der Waals surface area contributed by atoms with Gasteiger partial charge in [0.1, 0.15) is 5.75 Å². The summed E-state index contributed by atoms with van der Waals surface area (Å²) in [7, 11) is 1.67. The zero-order chi connectivity index (χ0) is 15.8. The molecule has 1 amide bonds. The lowest BCUT2D eigenvalue weighted by Crippen LogP contribution is -2.36. The van der Waals surface area contributed by atoms with E-state index in [9.17, 15) is 4.79 Å². The molecular weight excluding hydrogens is 349 g/mol. The van der Waals surface area contributed by atoms with Crippen LogP contribution in [-0.4, -0.2) is 44.1 Å². The van der Waals surface area contributed by atoms with Crippen LogP contribution in [0.25, 0.3) is 0 Å². The van der Waals surface area contributed by atoms with E-state index in [1.807, 2.05) is 12.1 Å². The molecule has 0 radical (unpaired) electrons. The number of hydrogen-bond acceptors (Lipinski definition) is 4. The minimum Gasteiger partial charge on any atom is -0.497 e. The fraction of sp³-hybridized carbons (Fsp3) is 0.588. The number of amides is 1. The van der Waals surface area contributed by atoms with Crippen molar-refractivity contribution in [2.24, 2.45) is 5.73 Å². The minimum absolute atomic E-state index is 0. The molecule has 0 bridgehead atoms. The second-order valence-corrected chi connectivity index (χ2v) is 5.73. The van der Waals surface area contributed by atoms with Gasteiger partial charge in [-0.2, -0.15) is 0 Å². The van der Waals surface area contributed by atoms with Gasteiger partial charge in [-0.1, -0.05) is 12.1 Å². The van der Waals surface area contributed by atoms with Gasteiger partial charge in [-0.25, -0.2) is 0 Å². The molecule has 1 aromatic carbocycles. The first-order chi connectivity index (χ1) is 10.7. The number of hydrogen-bond donors (Lipinski definition) is 2. The maximum atomic E-state index is 11.8. The molecule has 1 aliphatic heterocycles. The third-order valence-electron chi connectivity index (χ3n) is 4.18. The van der Waals surface area contributed by atoms with Crippen molar-refractivity contribution in [3.05, 3.63) is 29.8 Å². The Bertz CT molecular complexity index is 465. The Morgan fingerprint density at radius 2 is 1.88 bits per heavy atom. The van der Waals surface area contributed by atoms with Crippen molar-refractivity contribution in [1.29, 1.82) is 0 Å². The van der Waals surface area contributed by atoms with Gasteiger partial charge in [-0.05, 0) is 56.6 Å². The fourth-order valence-corrected chi connectivity index (χ4v) is 2.90. The van der Waals surface area contributed by atoms with Crippen LogP contribution in [0.2, 0.25) is 0 Å². The fourth-order valence-electron chi connectivity index (χ4n) is 2.90. The van der Waals surface area contributed by atoms with Crippen LogP contribution in [0.4, 0.5) is 0 Å². The average molecular weight is 378 g/mol. The Labute approximate surface area is 157 Å². The zero-order valence-electron chi connectivity index (χ0n) is 14.2. The third-order valence-corrected chi connectivity index (χ3v) is 4.18. The molecular formula is C17H29Cl2N3O2. The van der Waals surface area contributed by atoms with E-state index in [0.717, 1.165) is 25.3 Å². The summed E-state index contributed by atoms with van der Waals surface area (Å²) < 4.78 is 5.22. The Balaban J connectivity index is 0.00000264. The smallest absolute Gasteiger partial charge is 0.220 e. The number of nitrogens with zero attached hydrogens (tertiary/aromatic N) is 1. The molecule has 0 aliphatic carbocycles. The molecule has 2 rings (SSSR count). The van der Waals surface area contributed by atoms with E-state index in [1.54, 1.807) is 7.11 Å². The van der Waals surface area contributed by atoms with Crippen LogP contribution in [0.15, 0.2) is 24.3 Å². The second-order valence-electron chi connectivity index (χ2n) is 5.73. The number of likely N-dealkylation sites (tertiary alicyclic amines) is 1. The van der Waals surface area contributed by atoms with Crippen molar-refractivity contribution >= 4 is 30.7 Å². The van der Waals surface area contributed by atoms with E-state index in [-0.39, 0.29) is 36.8 Å². The zero-order valence-corrected chi connectivity index (χ0v) is 15.8. The molecule has 1 fully saturated rings. The highest BCUT2D eigenvalue weighted by Crippen LogP contribution is 2.26. The number of methoxy groups -OCH3 is 1. The van der Waals surface area contributed by atoms with Crippen molar-refractivity contribution in [2.45, 2.75) is 31.7 Å². The summed E-state index contributed by atoms with van der Waals surface area (Å²) in [5.74, 6) is 0.944. The van der Waals surface area contributed by atoms with Crippen LogP contribution in [-0.2, 0) is 4.79 Å². The van der Waals surface area contributed by atoms with Crippen LogP contribution in [0, 0.1) is 0 Å². The summed E-state index contributed by atoms with van der Waals surface area (Å²) in [5, 5.41) is 3.05. The van der Waals surface area contributed by atoms with Gasteiger partial charge in [0.05, 0.1) is 13.2 Å². The molecule has 1 aliphatic rings. The van der Waals surface area contributed by atoms with Crippen LogP contribution >= 0.6 is 24.8 Å². The molecule has 0 saturated carbocycles. The number of carbonyl (C=O) groups excluding carboxylic acids is 1. The lowest BCUT2D eigenvalue weighted by Gasteiger charge is -2.28. The van der Waals surface area contributed by atoms with Crippen LogP contribution in [0.3, 0.4) is 0 Å². The van der Waals surface area contributed by atoms with Gasteiger partial charge in [0.2, 0.25) is 5.91 Å². The SMILES string of the molecule is COc1ccc(C(CNC(=O)CCCN)N2CCCC2)cc1.Cl.Cl. The quantitative estimate of drug-likeness (QED) is 0.730. The first kappa shape index (κ1) is 23.0. The monoisotopic (exact) mass is 377 g/mol. The number of benzene rings is 1. The summed E-state index contributed by atoms with van der Waals surface area (Å²) in [6.07, 6.45) is 3.70. The van der Waals surface area contributed by atoms with E-state index in [0.29, 0.717) is 19.5 Å². The molecule has 0 spiro atoms. The van der Waals surface area contributed by atoms with Crippen molar-refractivity contribution in [3.63, 3.8) is 0 Å². The minimum atomic E-state index is 0. The first-order valence-electron chi connectivity index (χ1n) is 8.09. The third kappa shape index (κ3) is 6.85. The van der Waals surface area contributed by atoms with Crippen molar-refractivity contribution in [1.82, 2.24) is 10.2 Å². The summed E-state index contributed by atoms with van der Waals surface area (Å²) in [6, 6.07) is 8.38. The predicted molar refractivity (Wildman–Crippen MR) is 102 cm³/mol. The Kier molecular flexibility index (Phi) is 11.8. The van der Waals surface area contributed by atoms with Gasteiger partial charge >= 0.3 is 0 Å². The highest BCUT2D eigenvalue weighted by Gasteiger charge is 2.23. The van der Waals surface area contributed by atoms with E-state index in [2.05, 4.69) is 22.3 Å². The number of ether oxygens (including phenoxy) is 1. The lowest BCUT2D eigenvalue weighted by molar-refractivity contribution is -0.121. The number of nitrogens with one attached hydrogen (secondary N) is 1. The molecule has 3 N–H and O–H groups in total. The van der Waals surface area contributed by atoms with Crippen LogP contribution in [0.1, 0.15) is 37.3 Å². The number of carbonyl (C=O) groups is 1. The van der Waals surface area contributed by atoms with Gasteiger partial charge in [-0.15, -0.1) is 24.8 Å². The van der Waals surface area contributed by atoms with Crippen LogP contribution < -0.4 is 15.8 Å². The topological polar surface area (TPSA) is 67.6 Å². The van der Waals surface area contributed by atoms with Gasteiger partial charge in [0.15, 0.2) is 0 Å². The molecule has 1 saturated heterocycles. The van der Waals surface area contributed by atoms with Crippen molar-refractivity contribution in [2.75, 3.05) is 33.3 Å². The molecule has 7 heteroatoms. The summed E-state index contributed by atoms with van der Waals surface area (Å²) >= 11 is 0. The van der Waals surface area contributed by atoms with Crippen LogP contribution in [0.5, 0.6) is 5.75 Å². The first-order valence-corrected chi connectivity index (χ1v) is 8.09.